The van der Waals surface area contributed by atoms with Crippen LogP contribution in [0.2, 0.25) is 0 Å². The van der Waals surface area contributed by atoms with Crippen LogP contribution >= 0.6 is 0 Å². The molecule has 16 nitrogen and oxygen atoms in total. The summed E-state index contributed by atoms with van der Waals surface area (Å²) in [5, 5.41) is 0. The first-order chi connectivity index (χ1) is 18.4. The van der Waals surface area contributed by atoms with Crippen LogP contribution in [0.25, 0.3) is 0 Å². The van der Waals surface area contributed by atoms with Crippen molar-refractivity contribution < 1.29 is 76.3 Å². The van der Waals surface area contributed by atoms with Gasteiger partial charge in [-0.25, -0.2) is 0 Å². The van der Waals surface area contributed by atoms with Gasteiger partial charge in [-0.1, -0.05) is 0 Å². The fourth-order valence-electron chi connectivity index (χ4n) is 3.33. The third-order valence-corrected chi connectivity index (χ3v) is 4.45. The lowest BCUT2D eigenvalue weighted by Gasteiger charge is -2.39. The van der Waals surface area contributed by atoms with Gasteiger partial charge in [0.25, 0.3) is 0 Å². The Balaban J connectivity index is 7.24. The predicted octanol–water partition coefficient (Wildman–Crippen LogP) is -0.297. The maximum absolute atomic E-state index is 12.2. The smallest absolute Gasteiger partial charge is 0.303 e. The Kier molecular flexibility index (Phi) is 15.5. The van der Waals surface area contributed by atoms with Gasteiger partial charge in [-0.2, -0.15) is 0 Å². The van der Waals surface area contributed by atoms with Crippen molar-refractivity contribution in [2.75, 3.05) is 13.2 Å². The van der Waals surface area contributed by atoms with Gasteiger partial charge in [0.1, 0.15) is 13.2 Å². The zero-order chi connectivity index (χ0) is 31.2. The third-order valence-electron chi connectivity index (χ3n) is 4.45. The Morgan fingerprint density at radius 2 is 0.575 bits per heavy atom. The van der Waals surface area contributed by atoms with Crippen molar-refractivity contribution in [2.45, 2.75) is 92.0 Å². The molecule has 0 aromatic heterocycles. The standard InChI is InChI=1S/C24H34O16/c1-11(25)33-9-19(35-13(3)27)21(37-15(5)29)23(39-17(7)31)24(40-18(8)32)22(38-16(6)30)20(36-14(4)28)10-34-12(2)26/h19-24H,9-10H2,1-8H3/t19-,20+,21-,22-,23-,24-/m1/s1. The molecule has 0 rings (SSSR count). The summed E-state index contributed by atoms with van der Waals surface area (Å²) in [6, 6.07) is 0. The summed E-state index contributed by atoms with van der Waals surface area (Å²) in [5.41, 5.74) is 0. The van der Waals surface area contributed by atoms with E-state index in [1.165, 1.54) is 0 Å². The highest BCUT2D eigenvalue weighted by atomic mass is 16.7. The molecule has 6 atom stereocenters. The van der Waals surface area contributed by atoms with E-state index in [9.17, 15) is 38.4 Å². The van der Waals surface area contributed by atoms with E-state index in [0.29, 0.717) is 0 Å². The third kappa shape index (κ3) is 14.6. The number of carbonyl (C=O) groups excluding carboxylic acids is 8. The average molecular weight is 579 g/mol. The maximum atomic E-state index is 12.2. The highest BCUT2D eigenvalue weighted by Crippen LogP contribution is 2.26. The van der Waals surface area contributed by atoms with Gasteiger partial charge in [-0.15, -0.1) is 0 Å². The molecule has 0 fully saturated rings. The van der Waals surface area contributed by atoms with Gasteiger partial charge < -0.3 is 37.9 Å². The molecule has 0 aromatic rings. The van der Waals surface area contributed by atoms with Crippen LogP contribution in [-0.4, -0.2) is 97.6 Å². The van der Waals surface area contributed by atoms with E-state index in [1.807, 2.05) is 0 Å². The minimum Gasteiger partial charge on any atom is -0.462 e. The first kappa shape index (κ1) is 35.8. The van der Waals surface area contributed by atoms with Crippen molar-refractivity contribution in [3.05, 3.63) is 0 Å². The molecule has 0 unspecified atom stereocenters. The minimum absolute atomic E-state index is 0.726. The van der Waals surface area contributed by atoms with E-state index in [4.69, 9.17) is 37.9 Å². The lowest BCUT2D eigenvalue weighted by Crippen LogP contribution is -2.59. The van der Waals surface area contributed by atoms with Crippen molar-refractivity contribution in [3.8, 4) is 0 Å². The lowest BCUT2D eigenvalue weighted by molar-refractivity contribution is -0.223. The largest absolute Gasteiger partial charge is 0.462 e. The van der Waals surface area contributed by atoms with Crippen molar-refractivity contribution in [2.24, 2.45) is 0 Å². The lowest BCUT2D eigenvalue weighted by atomic mass is 9.95. The van der Waals surface area contributed by atoms with E-state index in [1.54, 1.807) is 0 Å². The molecule has 0 N–H and O–H groups in total. The predicted molar refractivity (Wildman–Crippen MR) is 127 cm³/mol. The Hall–Kier alpha value is -4.24. The van der Waals surface area contributed by atoms with Crippen LogP contribution in [0.5, 0.6) is 0 Å². The molecule has 0 radical (unpaired) electrons. The summed E-state index contributed by atoms with van der Waals surface area (Å²) in [5.74, 6) is -7.64. The van der Waals surface area contributed by atoms with E-state index in [0.717, 1.165) is 55.4 Å². The summed E-state index contributed by atoms with van der Waals surface area (Å²) in [6.45, 7) is 6.33. The van der Waals surface area contributed by atoms with Crippen molar-refractivity contribution in [1.29, 1.82) is 0 Å². The molecule has 226 valence electrons. The van der Waals surface area contributed by atoms with E-state index >= 15 is 0 Å². The summed E-state index contributed by atoms with van der Waals surface area (Å²) in [7, 11) is 0. The zero-order valence-corrected chi connectivity index (χ0v) is 23.4. The fourth-order valence-corrected chi connectivity index (χ4v) is 3.33. The van der Waals surface area contributed by atoms with Crippen LogP contribution in [0, 0.1) is 0 Å². The Bertz CT molecular complexity index is 881. The van der Waals surface area contributed by atoms with Crippen LogP contribution in [0.15, 0.2) is 0 Å². The molecule has 40 heavy (non-hydrogen) atoms. The second kappa shape index (κ2) is 17.4. The molecule has 0 aliphatic heterocycles. The molecule has 0 heterocycles. The fraction of sp³-hybridized carbons (Fsp3) is 0.667. The maximum Gasteiger partial charge on any atom is 0.303 e. The molecule has 16 heteroatoms. The Morgan fingerprint density at radius 3 is 0.775 bits per heavy atom. The molecular formula is C24H34O16. The number of esters is 8. The number of rotatable bonds is 15. The van der Waals surface area contributed by atoms with Crippen LogP contribution in [0.3, 0.4) is 0 Å². The summed E-state index contributed by atoms with van der Waals surface area (Å²) < 4.78 is 41.3. The van der Waals surface area contributed by atoms with Gasteiger partial charge >= 0.3 is 47.8 Å². The van der Waals surface area contributed by atoms with Crippen molar-refractivity contribution in [1.82, 2.24) is 0 Å². The molecule has 0 aromatic carbocycles. The topological polar surface area (TPSA) is 210 Å². The molecule has 0 bridgehead atoms. The molecule has 0 spiro atoms. The van der Waals surface area contributed by atoms with Crippen LogP contribution in [0.4, 0.5) is 0 Å². The van der Waals surface area contributed by atoms with Gasteiger partial charge in [-0.3, -0.25) is 38.4 Å². The number of carbonyl (C=O) groups is 8. The highest BCUT2D eigenvalue weighted by molar-refractivity contribution is 5.70. The van der Waals surface area contributed by atoms with Gasteiger partial charge in [0.15, 0.2) is 36.6 Å². The second-order valence-corrected chi connectivity index (χ2v) is 8.20. The molecule has 0 aliphatic carbocycles. The minimum atomic E-state index is -1.95. The van der Waals surface area contributed by atoms with Crippen molar-refractivity contribution in [3.63, 3.8) is 0 Å². The first-order valence-corrected chi connectivity index (χ1v) is 11.7. The van der Waals surface area contributed by atoms with Crippen molar-refractivity contribution >= 4 is 47.8 Å². The Labute approximate surface area is 229 Å². The zero-order valence-electron chi connectivity index (χ0n) is 23.4. The molecular weight excluding hydrogens is 544 g/mol. The first-order valence-electron chi connectivity index (χ1n) is 11.7. The average Bonchev–Trinajstić information content (AvgIpc) is 2.77. The number of hydrogen-bond donors (Lipinski definition) is 0. The van der Waals surface area contributed by atoms with Crippen LogP contribution < -0.4 is 0 Å². The molecule has 0 saturated heterocycles. The van der Waals surface area contributed by atoms with E-state index in [-0.39, 0.29) is 0 Å². The van der Waals surface area contributed by atoms with Gasteiger partial charge in [0, 0.05) is 55.4 Å². The monoisotopic (exact) mass is 578 g/mol. The van der Waals surface area contributed by atoms with E-state index in [2.05, 4.69) is 0 Å². The Morgan fingerprint density at radius 1 is 0.350 bits per heavy atom. The van der Waals surface area contributed by atoms with Gasteiger partial charge in [-0.05, 0) is 0 Å². The summed E-state index contributed by atoms with van der Waals surface area (Å²) >= 11 is 0. The summed E-state index contributed by atoms with van der Waals surface area (Å²) in [6.07, 6.45) is -11.0. The normalized spacial score (nSPS) is 14.9. The van der Waals surface area contributed by atoms with E-state index < -0.39 is 97.6 Å². The quantitative estimate of drug-likeness (QED) is 0.180. The second-order valence-electron chi connectivity index (χ2n) is 8.20. The van der Waals surface area contributed by atoms with Crippen LogP contribution in [0.1, 0.15) is 55.4 Å². The number of hydrogen-bond acceptors (Lipinski definition) is 16. The van der Waals surface area contributed by atoms with Gasteiger partial charge in [0.2, 0.25) is 0 Å². The molecule has 0 saturated carbocycles. The highest BCUT2D eigenvalue weighted by Gasteiger charge is 2.51. The SMILES string of the molecule is CC(=O)OC[C@H](OC(C)=O)[C@@H](OC(C)=O)[C@@H](OC(C)=O)[C@H](OC(C)=O)[C@H](OC(C)=O)[C@@H](COC(C)=O)OC(C)=O. The van der Waals surface area contributed by atoms with Gasteiger partial charge in [0.05, 0.1) is 0 Å². The molecule has 0 aliphatic rings. The molecule has 0 amide bonds. The number of ether oxygens (including phenoxy) is 8. The van der Waals surface area contributed by atoms with Crippen LogP contribution in [-0.2, 0) is 76.3 Å². The summed E-state index contributed by atoms with van der Waals surface area (Å²) in [4.78, 5) is 95.3.